The molecule has 2 heterocycles. The van der Waals surface area contributed by atoms with Gasteiger partial charge >= 0.3 is 0 Å². The van der Waals surface area contributed by atoms with Crippen LogP contribution in [0.1, 0.15) is 18.5 Å². The summed E-state index contributed by atoms with van der Waals surface area (Å²) in [6, 6.07) is 17.4. The molecule has 1 unspecified atom stereocenters. The van der Waals surface area contributed by atoms with Crippen molar-refractivity contribution in [3.63, 3.8) is 0 Å². The molecule has 2 aromatic heterocycles. The molecule has 8 heteroatoms. The minimum absolute atomic E-state index is 0.0727. The number of fused-ring (bicyclic) bond motifs is 1. The number of ether oxygens (including phenoxy) is 1. The van der Waals surface area contributed by atoms with Crippen LogP contribution in [0.3, 0.4) is 0 Å². The van der Waals surface area contributed by atoms with E-state index in [0.717, 1.165) is 10.9 Å². The number of carbonyl (C=O) groups is 1. The van der Waals surface area contributed by atoms with Crippen molar-refractivity contribution >= 4 is 28.6 Å². The highest BCUT2D eigenvalue weighted by Gasteiger charge is 2.19. The normalized spacial score (nSPS) is 11.9. The molecule has 0 saturated carbocycles. The van der Waals surface area contributed by atoms with Gasteiger partial charge in [-0.1, -0.05) is 60.3 Å². The highest BCUT2D eigenvalue weighted by molar-refractivity contribution is 7.99. The van der Waals surface area contributed by atoms with Gasteiger partial charge in [0.1, 0.15) is 0 Å². The number of amides is 1. The van der Waals surface area contributed by atoms with Crippen molar-refractivity contribution in [3.8, 4) is 17.3 Å². The minimum Gasteiger partial charge on any atom is -0.493 e. The zero-order valence-electron chi connectivity index (χ0n) is 17.9. The van der Waals surface area contributed by atoms with E-state index in [0.29, 0.717) is 34.6 Å². The van der Waals surface area contributed by atoms with Gasteiger partial charge in [-0.2, -0.15) is 0 Å². The van der Waals surface area contributed by atoms with Crippen LogP contribution in [0.4, 0.5) is 0 Å². The van der Waals surface area contributed by atoms with Gasteiger partial charge in [-0.15, -0.1) is 16.8 Å². The number of benzene rings is 2. The van der Waals surface area contributed by atoms with Crippen LogP contribution in [0.2, 0.25) is 0 Å². The molecule has 164 valence electrons. The fraction of sp³-hybridized carbons (Fsp3) is 0.208. The summed E-state index contributed by atoms with van der Waals surface area (Å²) < 4.78 is 13.3. The third-order valence-electron chi connectivity index (χ3n) is 4.99. The van der Waals surface area contributed by atoms with Crippen LogP contribution in [0.15, 0.2) is 76.8 Å². The van der Waals surface area contributed by atoms with Gasteiger partial charge in [-0.3, -0.25) is 9.36 Å². The second-order valence-corrected chi connectivity index (χ2v) is 8.13. The van der Waals surface area contributed by atoms with Crippen LogP contribution in [0, 0.1) is 0 Å². The van der Waals surface area contributed by atoms with E-state index >= 15 is 0 Å². The lowest BCUT2D eigenvalue weighted by Gasteiger charge is -2.14. The Hall–Kier alpha value is -3.52. The first-order valence-electron chi connectivity index (χ1n) is 10.2. The topological polar surface area (TPSA) is 82.2 Å². The number of aromatic nitrogens is 3. The Kier molecular flexibility index (Phi) is 6.61. The molecule has 4 aromatic rings. The van der Waals surface area contributed by atoms with Gasteiger partial charge in [-0.25, -0.2) is 0 Å². The monoisotopic (exact) mass is 448 g/mol. The van der Waals surface area contributed by atoms with Crippen LogP contribution in [0.5, 0.6) is 5.75 Å². The zero-order valence-corrected chi connectivity index (χ0v) is 18.8. The van der Waals surface area contributed by atoms with Crippen molar-refractivity contribution < 1.29 is 13.9 Å². The molecule has 7 nitrogen and oxygen atoms in total. The number of para-hydroxylation sites is 1. The second-order valence-electron chi connectivity index (χ2n) is 7.18. The molecule has 0 radical (unpaired) electrons. The summed E-state index contributed by atoms with van der Waals surface area (Å²) in [6.07, 6.45) is 1.76. The molecule has 4 rings (SSSR count). The Labute approximate surface area is 190 Å². The third kappa shape index (κ3) is 4.55. The van der Waals surface area contributed by atoms with Gasteiger partial charge < -0.3 is 14.5 Å². The van der Waals surface area contributed by atoms with Crippen LogP contribution in [0.25, 0.3) is 22.6 Å². The Balaban J connectivity index is 1.51. The van der Waals surface area contributed by atoms with Gasteiger partial charge in [0.15, 0.2) is 22.2 Å². The minimum atomic E-state index is -0.0745. The van der Waals surface area contributed by atoms with E-state index in [1.807, 2.05) is 66.1 Å². The van der Waals surface area contributed by atoms with Gasteiger partial charge in [0.2, 0.25) is 11.7 Å². The van der Waals surface area contributed by atoms with Crippen LogP contribution in [-0.4, -0.2) is 33.5 Å². The highest BCUT2D eigenvalue weighted by Crippen LogP contribution is 2.33. The van der Waals surface area contributed by atoms with Crippen molar-refractivity contribution in [1.29, 1.82) is 0 Å². The van der Waals surface area contributed by atoms with E-state index < -0.39 is 0 Å². The molecule has 0 bridgehead atoms. The average Bonchev–Trinajstić information content (AvgIpc) is 3.42. The summed E-state index contributed by atoms with van der Waals surface area (Å²) in [6.45, 7) is 6.29. The molecule has 0 fully saturated rings. The molecule has 0 saturated heterocycles. The number of rotatable bonds is 9. The quantitative estimate of drug-likeness (QED) is 0.291. The van der Waals surface area contributed by atoms with Gasteiger partial charge in [0.05, 0.1) is 18.9 Å². The Morgan fingerprint density at radius 2 is 2.06 bits per heavy atom. The van der Waals surface area contributed by atoms with Gasteiger partial charge in [0, 0.05) is 11.9 Å². The summed E-state index contributed by atoms with van der Waals surface area (Å²) in [4.78, 5) is 12.5. The van der Waals surface area contributed by atoms with E-state index in [1.165, 1.54) is 11.8 Å². The number of allylic oxidation sites excluding steroid dienone is 1. The smallest absolute Gasteiger partial charge is 0.230 e. The van der Waals surface area contributed by atoms with E-state index in [9.17, 15) is 4.79 Å². The lowest BCUT2D eigenvalue weighted by atomic mass is 10.1. The largest absolute Gasteiger partial charge is 0.493 e. The lowest BCUT2D eigenvalue weighted by molar-refractivity contribution is -0.119. The van der Waals surface area contributed by atoms with Crippen molar-refractivity contribution in [2.24, 2.45) is 0 Å². The van der Waals surface area contributed by atoms with E-state index in [2.05, 4.69) is 22.1 Å². The molecule has 32 heavy (non-hydrogen) atoms. The van der Waals surface area contributed by atoms with Gasteiger partial charge in [-0.05, 0) is 24.6 Å². The molecule has 0 aliphatic carbocycles. The predicted molar refractivity (Wildman–Crippen MR) is 126 cm³/mol. The third-order valence-corrected chi connectivity index (χ3v) is 5.95. The maximum Gasteiger partial charge on any atom is 0.230 e. The first-order valence-corrected chi connectivity index (χ1v) is 11.2. The SMILES string of the molecule is C=CCn1c(SCC(=O)NC(C)c2ccccc2)nnc1-c1cc2cccc(OC)c2o1. The summed E-state index contributed by atoms with van der Waals surface area (Å²) in [5, 5.41) is 13.2. The molecule has 1 atom stereocenters. The molecular formula is C24H24N4O3S. The van der Waals surface area contributed by atoms with E-state index in [4.69, 9.17) is 9.15 Å². The van der Waals surface area contributed by atoms with Crippen molar-refractivity contribution in [2.45, 2.75) is 24.7 Å². The number of carbonyl (C=O) groups excluding carboxylic acids is 1. The first-order chi connectivity index (χ1) is 15.6. The molecule has 0 aliphatic rings. The fourth-order valence-electron chi connectivity index (χ4n) is 3.42. The Morgan fingerprint density at radius 3 is 2.81 bits per heavy atom. The summed E-state index contributed by atoms with van der Waals surface area (Å²) in [7, 11) is 1.61. The number of furan rings is 1. The van der Waals surface area contributed by atoms with Gasteiger partial charge in [0.25, 0.3) is 0 Å². The van der Waals surface area contributed by atoms with Crippen molar-refractivity contribution in [2.75, 3.05) is 12.9 Å². The van der Waals surface area contributed by atoms with Crippen molar-refractivity contribution in [1.82, 2.24) is 20.1 Å². The summed E-state index contributed by atoms with van der Waals surface area (Å²) >= 11 is 1.33. The first kappa shape index (κ1) is 21.7. The Morgan fingerprint density at radius 1 is 1.25 bits per heavy atom. The number of thioether (sulfide) groups is 1. The molecular weight excluding hydrogens is 424 g/mol. The number of methoxy groups -OCH3 is 1. The maximum absolute atomic E-state index is 12.5. The second kappa shape index (κ2) is 9.74. The summed E-state index contributed by atoms with van der Waals surface area (Å²) in [5.41, 5.74) is 1.71. The number of hydrogen-bond acceptors (Lipinski definition) is 6. The zero-order chi connectivity index (χ0) is 22.5. The number of nitrogens with one attached hydrogen (secondary N) is 1. The number of nitrogens with zero attached hydrogens (tertiary/aromatic N) is 3. The Bertz CT molecular complexity index is 1230. The predicted octanol–water partition coefficient (Wildman–Crippen LogP) is 4.86. The van der Waals surface area contributed by atoms with Crippen LogP contribution < -0.4 is 10.1 Å². The van der Waals surface area contributed by atoms with Crippen LogP contribution >= 0.6 is 11.8 Å². The lowest BCUT2D eigenvalue weighted by Crippen LogP contribution is -2.28. The molecule has 0 aliphatic heterocycles. The molecule has 0 spiro atoms. The maximum atomic E-state index is 12.5. The van der Waals surface area contributed by atoms with Crippen molar-refractivity contribution in [3.05, 3.63) is 72.8 Å². The standard InChI is InChI=1S/C24H24N4O3S/c1-4-13-28-23(20-14-18-11-8-12-19(30-3)22(18)31-20)26-27-24(28)32-15-21(29)25-16(2)17-9-6-5-7-10-17/h4-12,14,16H,1,13,15H2,2-3H3,(H,25,29). The van der Waals surface area contributed by atoms with E-state index in [1.54, 1.807) is 13.2 Å². The fourth-order valence-corrected chi connectivity index (χ4v) is 4.18. The molecule has 2 aromatic carbocycles. The summed E-state index contributed by atoms with van der Waals surface area (Å²) in [5.74, 6) is 1.95. The van der Waals surface area contributed by atoms with E-state index in [-0.39, 0.29) is 17.7 Å². The molecule has 1 amide bonds. The van der Waals surface area contributed by atoms with Crippen LogP contribution in [-0.2, 0) is 11.3 Å². The molecule has 1 N–H and O–H groups in total. The number of hydrogen-bond donors (Lipinski definition) is 1. The average molecular weight is 449 g/mol. The highest BCUT2D eigenvalue weighted by atomic mass is 32.2.